The van der Waals surface area contributed by atoms with Crippen molar-refractivity contribution in [1.29, 1.82) is 0 Å². The molecule has 1 unspecified atom stereocenters. The first kappa shape index (κ1) is 19.7. The lowest BCUT2D eigenvalue weighted by Crippen LogP contribution is -2.33. The predicted octanol–water partition coefficient (Wildman–Crippen LogP) is 3.97. The molecule has 0 spiro atoms. The van der Waals surface area contributed by atoms with Crippen molar-refractivity contribution in [2.45, 2.75) is 32.3 Å². The monoisotopic (exact) mass is 386 g/mol. The van der Waals surface area contributed by atoms with Crippen molar-refractivity contribution >= 4 is 17.5 Å². The smallest absolute Gasteiger partial charge is 0.224 e. The van der Waals surface area contributed by atoms with Gasteiger partial charge in [0.05, 0.1) is 6.42 Å². The molecular weight excluding hydrogens is 360 g/mol. The number of hydrogen-bond acceptors (Lipinski definition) is 3. The van der Waals surface area contributed by atoms with Crippen molar-refractivity contribution in [3.05, 3.63) is 64.7 Å². The molecule has 2 aromatic carbocycles. The van der Waals surface area contributed by atoms with Crippen LogP contribution in [-0.4, -0.2) is 25.5 Å². The van der Waals surface area contributed by atoms with Gasteiger partial charge in [0.1, 0.15) is 12.4 Å². The fourth-order valence-electron chi connectivity index (χ4n) is 3.36. The van der Waals surface area contributed by atoms with Gasteiger partial charge in [0, 0.05) is 17.1 Å². The first-order chi connectivity index (χ1) is 13.2. The summed E-state index contributed by atoms with van der Waals surface area (Å²) in [4.78, 5) is 12.2. The fourth-order valence-corrected chi connectivity index (χ4v) is 3.55. The molecule has 1 saturated heterocycles. The van der Waals surface area contributed by atoms with Crippen molar-refractivity contribution in [1.82, 2.24) is 10.6 Å². The van der Waals surface area contributed by atoms with Gasteiger partial charge in [-0.15, -0.1) is 0 Å². The van der Waals surface area contributed by atoms with Crippen LogP contribution in [0.15, 0.2) is 48.5 Å². The molecule has 1 atom stereocenters. The molecule has 2 N–H and O–H groups in total. The van der Waals surface area contributed by atoms with Gasteiger partial charge in [0.25, 0.3) is 0 Å². The Bertz CT molecular complexity index is 745. The van der Waals surface area contributed by atoms with Crippen LogP contribution in [0.1, 0.15) is 30.4 Å². The van der Waals surface area contributed by atoms with Crippen LogP contribution in [0.4, 0.5) is 0 Å². The van der Waals surface area contributed by atoms with Gasteiger partial charge in [0.15, 0.2) is 0 Å². The highest BCUT2D eigenvalue weighted by atomic mass is 35.5. The highest BCUT2D eigenvalue weighted by Gasteiger charge is 2.13. The summed E-state index contributed by atoms with van der Waals surface area (Å²) >= 11 is 6.16. The normalized spacial score (nSPS) is 16.7. The molecule has 0 aliphatic carbocycles. The Hall–Kier alpha value is -2.04. The van der Waals surface area contributed by atoms with Crippen molar-refractivity contribution in [3.8, 4) is 5.75 Å². The van der Waals surface area contributed by atoms with E-state index in [4.69, 9.17) is 16.3 Å². The maximum absolute atomic E-state index is 12.2. The van der Waals surface area contributed by atoms with Crippen LogP contribution in [0, 0.1) is 5.92 Å². The van der Waals surface area contributed by atoms with Gasteiger partial charge in [-0.1, -0.05) is 41.9 Å². The Balaban J connectivity index is 1.44. The van der Waals surface area contributed by atoms with Crippen molar-refractivity contribution < 1.29 is 9.53 Å². The van der Waals surface area contributed by atoms with Crippen molar-refractivity contribution in [3.63, 3.8) is 0 Å². The Kier molecular flexibility index (Phi) is 7.55. The van der Waals surface area contributed by atoms with Gasteiger partial charge in [-0.25, -0.2) is 0 Å². The van der Waals surface area contributed by atoms with Gasteiger partial charge in [-0.05, 0) is 62.0 Å². The number of rotatable bonds is 8. The number of benzene rings is 2. The van der Waals surface area contributed by atoms with E-state index in [0.717, 1.165) is 42.9 Å². The van der Waals surface area contributed by atoms with Gasteiger partial charge in [-0.3, -0.25) is 4.79 Å². The van der Waals surface area contributed by atoms with Crippen LogP contribution >= 0.6 is 11.6 Å². The molecule has 1 aliphatic rings. The zero-order valence-corrected chi connectivity index (χ0v) is 16.3. The molecule has 4 nitrogen and oxygen atoms in total. The van der Waals surface area contributed by atoms with E-state index < -0.39 is 0 Å². The number of ether oxygens (including phenoxy) is 1. The second-order valence-electron chi connectivity index (χ2n) is 7.06. The van der Waals surface area contributed by atoms with Crippen molar-refractivity contribution in [2.75, 3.05) is 19.6 Å². The SMILES string of the molecule is O=C(Cc1cccc(OCc2ccccc2Cl)c1)NCCC1CCCNC1. The summed E-state index contributed by atoms with van der Waals surface area (Å²) in [5, 5.41) is 7.15. The lowest BCUT2D eigenvalue weighted by atomic mass is 9.96. The molecule has 1 heterocycles. The minimum absolute atomic E-state index is 0.0574. The summed E-state index contributed by atoms with van der Waals surface area (Å²) in [7, 11) is 0. The molecular formula is C22H27ClN2O2. The molecule has 144 valence electrons. The lowest BCUT2D eigenvalue weighted by molar-refractivity contribution is -0.120. The van der Waals surface area contributed by atoms with E-state index in [1.165, 1.54) is 12.8 Å². The summed E-state index contributed by atoms with van der Waals surface area (Å²) in [5.41, 5.74) is 1.89. The van der Waals surface area contributed by atoms with Crippen LogP contribution in [-0.2, 0) is 17.8 Å². The summed E-state index contributed by atoms with van der Waals surface area (Å²) in [6.45, 7) is 3.34. The van der Waals surface area contributed by atoms with E-state index in [0.29, 0.717) is 24.0 Å². The molecule has 27 heavy (non-hydrogen) atoms. The third-order valence-corrected chi connectivity index (χ3v) is 5.26. The second-order valence-corrected chi connectivity index (χ2v) is 7.46. The number of halogens is 1. The topological polar surface area (TPSA) is 50.4 Å². The van der Waals surface area contributed by atoms with Crippen molar-refractivity contribution in [2.24, 2.45) is 5.92 Å². The van der Waals surface area contributed by atoms with E-state index in [9.17, 15) is 4.79 Å². The quantitative estimate of drug-likeness (QED) is 0.721. The molecule has 0 radical (unpaired) electrons. The maximum Gasteiger partial charge on any atom is 0.224 e. The van der Waals surface area contributed by atoms with E-state index >= 15 is 0 Å². The minimum Gasteiger partial charge on any atom is -0.489 e. The van der Waals surface area contributed by atoms with Crippen LogP contribution in [0.2, 0.25) is 5.02 Å². The highest BCUT2D eigenvalue weighted by Crippen LogP contribution is 2.19. The van der Waals surface area contributed by atoms with Gasteiger partial charge in [0.2, 0.25) is 5.91 Å². The first-order valence-electron chi connectivity index (χ1n) is 9.63. The fraction of sp³-hybridized carbons (Fsp3) is 0.409. The van der Waals surface area contributed by atoms with E-state index in [2.05, 4.69) is 10.6 Å². The molecule has 0 aromatic heterocycles. The summed E-state index contributed by atoms with van der Waals surface area (Å²) in [6.07, 6.45) is 3.90. The zero-order valence-electron chi connectivity index (χ0n) is 15.5. The molecule has 0 saturated carbocycles. The van der Waals surface area contributed by atoms with E-state index in [-0.39, 0.29) is 5.91 Å². The lowest BCUT2D eigenvalue weighted by Gasteiger charge is -2.22. The third-order valence-electron chi connectivity index (χ3n) is 4.89. The Labute approximate surface area is 166 Å². The Morgan fingerprint density at radius 1 is 1.22 bits per heavy atom. The summed E-state index contributed by atoms with van der Waals surface area (Å²) in [5.74, 6) is 1.48. The Morgan fingerprint density at radius 3 is 2.93 bits per heavy atom. The largest absolute Gasteiger partial charge is 0.489 e. The van der Waals surface area contributed by atoms with Crippen LogP contribution in [0.3, 0.4) is 0 Å². The zero-order chi connectivity index (χ0) is 18.9. The molecule has 1 aliphatic heterocycles. The van der Waals surface area contributed by atoms with Gasteiger partial charge < -0.3 is 15.4 Å². The summed E-state index contributed by atoms with van der Waals surface area (Å²) in [6, 6.07) is 15.3. The van der Waals surface area contributed by atoms with E-state index in [1.54, 1.807) is 0 Å². The van der Waals surface area contributed by atoms with Gasteiger partial charge >= 0.3 is 0 Å². The average molecular weight is 387 g/mol. The Morgan fingerprint density at radius 2 is 2.11 bits per heavy atom. The summed E-state index contributed by atoms with van der Waals surface area (Å²) < 4.78 is 5.83. The molecule has 0 bridgehead atoms. The van der Waals surface area contributed by atoms with Crippen LogP contribution in [0.25, 0.3) is 0 Å². The number of carbonyl (C=O) groups is 1. The number of amides is 1. The number of piperidine rings is 1. The van der Waals surface area contributed by atoms with Crippen LogP contribution < -0.4 is 15.4 Å². The standard InChI is InChI=1S/C22H27ClN2O2/c23-21-9-2-1-7-19(21)16-27-20-8-3-5-18(13-20)14-22(26)25-12-10-17-6-4-11-24-15-17/h1-3,5,7-9,13,17,24H,4,6,10-12,14-16H2,(H,25,26). The number of carbonyl (C=O) groups excluding carboxylic acids is 1. The first-order valence-corrected chi connectivity index (χ1v) is 10.0. The molecule has 1 fully saturated rings. The molecule has 1 amide bonds. The minimum atomic E-state index is 0.0574. The highest BCUT2D eigenvalue weighted by molar-refractivity contribution is 6.31. The molecule has 5 heteroatoms. The van der Waals surface area contributed by atoms with Gasteiger partial charge in [-0.2, -0.15) is 0 Å². The number of hydrogen-bond donors (Lipinski definition) is 2. The predicted molar refractivity (Wildman–Crippen MR) is 109 cm³/mol. The van der Waals surface area contributed by atoms with Crippen LogP contribution in [0.5, 0.6) is 5.75 Å². The maximum atomic E-state index is 12.2. The molecule has 2 aromatic rings. The third kappa shape index (κ3) is 6.56. The second kappa shape index (κ2) is 10.3. The molecule has 3 rings (SSSR count). The number of nitrogens with one attached hydrogen (secondary N) is 2. The average Bonchev–Trinajstić information content (AvgIpc) is 2.68. The van der Waals surface area contributed by atoms with E-state index in [1.807, 2.05) is 48.5 Å².